The highest BCUT2D eigenvalue weighted by Crippen LogP contribution is 2.36. The molecule has 4 nitrogen and oxygen atoms in total. The molecule has 130 valence electrons. The van der Waals surface area contributed by atoms with Gasteiger partial charge in [-0.25, -0.2) is 4.39 Å². The zero-order valence-corrected chi connectivity index (χ0v) is 15.7. The van der Waals surface area contributed by atoms with E-state index in [-0.39, 0.29) is 23.8 Å². The minimum absolute atomic E-state index is 0.0401. The van der Waals surface area contributed by atoms with Crippen molar-refractivity contribution < 1.29 is 18.7 Å². The summed E-state index contributed by atoms with van der Waals surface area (Å²) >= 11 is 0. The first-order chi connectivity index (χ1) is 10.5. The molecule has 0 aromatic heterocycles. The van der Waals surface area contributed by atoms with Crippen LogP contribution in [-0.4, -0.2) is 32.5 Å². The third-order valence-electron chi connectivity index (χ3n) is 4.35. The van der Waals surface area contributed by atoms with Gasteiger partial charge in [0, 0.05) is 13.2 Å². The van der Waals surface area contributed by atoms with Crippen LogP contribution in [0.4, 0.5) is 10.1 Å². The Balaban J connectivity index is 2.53. The third-order valence-corrected chi connectivity index (χ3v) is 8.89. The maximum Gasteiger partial charge on any atom is 0.305 e. The molecule has 0 heterocycles. The van der Waals surface area contributed by atoms with E-state index in [2.05, 4.69) is 39.2 Å². The van der Waals surface area contributed by atoms with Gasteiger partial charge in [0.2, 0.25) is 0 Å². The zero-order valence-electron chi connectivity index (χ0n) is 14.7. The average Bonchev–Trinajstić information content (AvgIpc) is 2.39. The van der Waals surface area contributed by atoms with Crippen molar-refractivity contribution in [3.63, 3.8) is 0 Å². The Morgan fingerprint density at radius 3 is 2.52 bits per heavy atom. The van der Waals surface area contributed by atoms with Gasteiger partial charge in [-0.2, -0.15) is 0 Å². The van der Waals surface area contributed by atoms with Crippen LogP contribution in [0.5, 0.6) is 0 Å². The second-order valence-corrected chi connectivity index (χ2v) is 12.1. The zero-order chi connectivity index (χ0) is 17.7. The van der Waals surface area contributed by atoms with Gasteiger partial charge in [0.05, 0.1) is 12.1 Å². The number of rotatable bonds is 8. The lowest BCUT2D eigenvalue weighted by molar-refractivity contribution is -0.136. The molecule has 6 heteroatoms. The Morgan fingerprint density at radius 1 is 1.35 bits per heavy atom. The highest BCUT2D eigenvalue weighted by Gasteiger charge is 2.36. The number of carbonyl (C=O) groups is 1. The van der Waals surface area contributed by atoms with Gasteiger partial charge in [-0.1, -0.05) is 26.8 Å². The molecule has 1 aromatic carbocycles. The average molecular weight is 341 g/mol. The van der Waals surface area contributed by atoms with Gasteiger partial charge in [0.1, 0.15) is 5.82 Å². The van der Waals surface area contributed by atoms with E-state index in [4.69, 9.17) is 9.53 Å². The summed E-state index contributed by atoms with van der Waals surface area (Å²) in [4.78, 5) is 10.5. The predicted octanol–water partition coefficient (Wildman–Crippen LogP) is 4.28. The van der Waals surface area contributed by atoms with E-state index in [0.29, 0.717) is 18.7 Å². The second kappa shape index (κ2) is 7.92. The topological polar surface area (TPSA) is 58.6 Å². The van der Waals surface area contributed by atoms with Gasteiger partial charge in [0.15, 0.2) is 8.32 Å². The Kier molecular flexibility index (Phi) is 6.77. The van der Waals surface area contributed by atoms with Gasteiger partial charge in [-0.15, -0.1) is 0 Å². The first-order valence-corrected chi connectivity index (χ1v) is 10.8. The van der Waals surface area contributed by atoms with E-state index in [9.17, 15) is 9.18 Å². The van der Waals surface area contributed by atoms with Crippen LogP contribution >= 0.6 is 0 Å². The molecule has 23 heavy (non-hydrogen) atoms. The van der Waals surface area contributed by atoms with Crippen molar-refractivity contribution >= 4 is 20.0 Å². The molecule has 1 aromatic rings. The number of hydrogen-bond donors (Lipinski definition) is 2. The van der Waals surface area contributed by atoms with E-state index < -0.39 is 14.3 Å². The first kappa shape index (κ1) is 19.6. The van der Waals surface area contributed by atoms with Crippen molar-refractivity contribution in [2.75, 3.05) is 18.5 Å². The van der Waals surface area contributed by atoms with E-state index in [1.807, 2.05) is 6.07 Å². The predicted molar refractivity (Wildman–Crippen MR) is 94.0 cm³/mol. The van der Waals surface area contributed by atoms with Crippen molar-refractivity contribution in [1.82, 2.24) is 0 Å². The smallest absolute Gasteiger partial charge is 0.305 e. The molecule has 0 aliphatic carbocycles. The van der Waals surface area contributed by atoms with Crippen molar-refractivity contribution in [1.29, 1.82) is 0 Å². The summed E-state index contributed by atoms with van der Waals surface area (Å²) in [7, 11) is -1.77. The fraction of sp³-hybridized carbons (Fsp3) is 0.588. The number of aliphatic carboxylic acids is 1. The van der Waals surface area contributed by atoms with Crippen LogP contribution in [0.2, 0.25) is 18.1 Å². The normalized spacial score (nSPS) is 12.3. The lowest BCUT2D eigenvalue weighted by Gasteiger charge is -2.36. The molecule has 0 unspecified atom stereocenters. The Hall–Kier alpha value is -1.40. The standard InChI is InChI=1S/C17H28FNO3Si/c1-17(2,3)23(4,5)22-11-9-13-6-7-15(14(18)12-13)19-10-8-16(20)21/h6-7,12,19H,8-11H2,1-5H3,(H,20,21). The number of halogens is 1. The Morgan fingerprint density at radius 2 is 2.00 bits per heavy atom. The van der Waals surface area contributed by atoms with E-state index >= 15 is 0 Å². The summed E-state index contributed by atoms with van der Waals surface area (Å²) in [6, 6.07) is 4.98. The van der Waals surface area contributed by atoms with Crippen LogP contribution < -0.4 is 5.32 Å². The minimum Gasteiger partial charge on any atom is -0.481 e. The molecule has 0 aliphatic heterocycles. The molecule has 0 saturated heterocycles. The van der Waals surface area contributed by atoms with Crippen LogP contribution in [0.15, 0.2) is 18.2 Å². The SMILES string of the molecule is CC(C)(C)[Si](C)(C)OCCc1ccc(NCCC(=O)O)c(F)c1. The van der Waals surface area contributed by atoms with Crippen LogP contribution in [0.1, 0.15) is 32.8 Å². The second-order valence-electron chi connectivity index (χ2n) is 7.24. The molecule has 2 N–H and O–H groups in total. The molecule has 0 fully saturated rings. The van der Waals surface area contributed by atoms with Gasteiger partial charge in [-0.3, -0.25) is 4.79 Å². The largest absolute Gasteiger partial charge is 0.481 e. The Labute approximate surface area is 139 Å². The maximum absolute atomic E-state index is 14.0. The number of benzene rings is 1. The quantitative estimate of drug-likeness (QED) is 0.693. The molecule has 0 bridgehead atoms. The van der Waals surface area contributed by atoms with Gasteiger partial charge in [-0.05, 0) is 42.2 Å². The molecule has 0 spiro atoms. The lowest BCUT2D eigenvalue weighted by Crippen LogP contribution is -2.41. The van der Waals surface area contributed by atoms with Crippen LogP contribution in [-0.2, 0) is 15.6 Å². The number of carboxylic acids is 1. The van der Waals surface area contributed by atoms with Crippen LogP contribution in [0.25, 0.3) is 0 Å². The molecular formula is C17H28FNO3Si. The number of anilines is 1. The molecule has 0 atom stereocenters. The van der Waals surface area contributed by atoms with E-state index in [1.54, 1.807) is 6.07 Å². The summed E-state index contributed by atoms with van der Waals surface area (Å²) in [6.45, 7) is 11.8. The van der Waals surface area contributed by atoms with Crippen LogP contribution in [0.3, 0.4) is 0 Å². The number of hydrogen-bond acceptors (Lipinski definition) is 3. The fourth-order valence-corrected chi connectivity index (χ4v) is 2.85. The highest BCUT2D eigenvalue weighted by atomic mass is 28.4. The molecular weight excluding hydrogens is 313 g/mol. The summed E-state index contributed by atoms with van der Waals surface area (Å²) < 4.78 is 20.1. The van der Waals surface area contributed by atoms with Crippen molar-refractivity contribution in [2.45, 2.75) is 51.7 Å². The molecule has 0 aliphatic rings. The van der Waals surface area contributed by atoms with Crippen LogP contribution in [0, 0.1) is 5.82 Å². The number of carboxylic acid groups (broad SMARTS) is 1. The monoisotopic (exact) mass is 341 g/mol. The molecule has 0 saturated carbocycles. The summed E-state index contributed by atoms with van der Waals surface area (Å²) in [5, 5.41) is 11.5. The van der Waals surface area contributed by atoms with Crippen molar-refractivity contribution in [3.8, 4) is 0 Å². The highest BCUT2D eigenvalue weighted by molar-refractivity contribution is 6.74. The minimum atomic E-state index is -1.77. The molecule has 1 rings (SSSR count). The van der Waals surface area contributed by atoms with Crippen molar-refractivity contribution in [2.24, 2.45) is 0 Å². The van der Waals surface area contributed by atoms with Gasteiger partial charge < -0.3 is 14.8 Å². The summed E-state index contributed by atoms with van der Waals surface area (Å²) in [5.41, 5.74) is 1.21. The van der Waals surface area contributed by atoms with E-state index in [0.717, 1.165) is 5.56 Å². The summed E-state index contributed by atoms with van der Waals surface area (Å²) in [5.74, 6) is -1.27. The fourth-order valence-electron chi connectivity index (χ4n) is 1.80. The maximum atomic E-state index is 14.0. The molecule has 0 radical (unpaired) electrons. The van der Waals surface area contributed by atoms with Crippen molar-refractivity contribution in [3.05, 3.63) is 29.6 Å². The third kappa shape index (κ3) is 6.31. The first-order valence-electron chi connectivity index (χ1n) is 7.91. The number of nitrogens with one attached hydrogen (secondary N) is 1. The van der Waals surface area contributed by atoms with E-state index in [1.165, 1.54) is 6.07 Å². The van der Waals surface area contributed by atoms with Gasteiger partial charge in [0.25, 0.3) is 0 Å². The molecule has 0 amide bonds. The summed E-state index contributed by atoms with van der Waals surface area (Å²) in [6.07, 6.45) is 0.625. The lowest BCUT2D eigenvalue weighted by atomic mass is 10.1. The Bertz CT molecular complexity index is 541. The van der Waals surface area contributed by atoms with Gasteiger partial charge >= 0.3 is 5.97 Å².